The first-order valence-corrected chi connectivity index (χ1v) is 8.93. The topological polar surface area (TPSA) is 90.5 Å². The monoisotopic (exact) mass is 373 g/mol. The molecule has 0 spiro atoms. The average Bonchev–Trinajstić information content (AvgIpc) is 3.18. The Balaban J connectivity index is 1.55. The van der Waals surface area contributed by atoms with Crippen LogP contribution in [0, 0.1) is 0 Å². The molecule has 3 aromatic rings. The van der Waals surface area contributed by atoms with Crippen LogP contribution in [0.2, 0.25) is 0 Å². The molecular formula is C21H19N5O2. The van der Waals surface area contributed by atoms with Crippen molar-refractivity contribution in [2.24, 2.45) is 5.10 Å². The number of nitrogens with zero attached hydrogens (tertiary/aromatic N) is 3. The number of pyridine rings is 1. The first kappa shape index (κ1) is 17.7. The summed E-state index contributed by atoms with van der Waals surface area (Å²) in [6, 6.07) is 12.9. The van der Waals surface area contributed by atoms with E-state index in [9.17, 15) is 9.59 Å². The van der Waals surface area contributed by atoms with Crippen LogP contribution in [-0.2, 0) is 6.42 Å². The lowest BCUT2D eigenvalue weighted by atomic mass is 10.1. The third-order valence-electron chi connectivity index (χ3n) is 4.65. The van der Waals surface area contributed by atoms with E-state index < -0.39 is 0 Å². The van der Waals surface area contributed by atoms with Gasteiger partial charge in [-0.15, -0.1) is 0 Å². The first-order valence-electron chi connectivity index (χ1n) is 8.93. The van der Waals surface area contributed by atoms with Crippen LogP contribution in [0.15, 0.2) is 53.8 Å². The van der Waals surface area contributed by atoms with Crippen LogP contribution < -0.4 is 10.3 Å². The van der Waals surface area contributed by atoms with Gasteiger partial charge in [0.2, 0.25) is 0 Å². The minimum absolute atomic E-state index is 0.0413. The molecule has 3 heterocycles. The van der Waals surface area contributed by atoms with E-state index in [1.165, 1.54) is 0 Å². The summed E-state index contributed by atoms with van der Waals surface area (Å²) in [7, 11) is 1.82. The Labute approximate surface area is 162 Å². The molecule has 2 N–H and O–H groups in total. The van der Waals surface area contributed by atoms with Gasteiger partial charge in [-0.3, -0.25) is 14.6 Å². The number of hydrazone groups is 1. The van der Waals surface area contributed by atoms with E-state index in [0.717, 1.165) is 35.2 Å². The molecule has 0 bridgehead atoms. The fraction of sp³-hybridized carbons (Fsp3) is 0.143. The summed E-state index contributed by atoms with van der Waals surface area (Å²) in [6.45, 7) is 0.651. The number of hydrogen-bond donors (Lipinski definition) is 2. The Morgan fingerprint density at radius 3 is 2.68 bits per heavy atom. The lowest BCUT2D eigenvalue weighted by Gasteiger charge is -2.12. The smallest absolute Gasteiger partial charge is 0.253 e. The van der Waals surface area contributed by atoms with Crippen molar-refractivity contribution in [2.75, 3.05) is 18.6 Å². The van der Waals surface area contributed by atoms with Gasteiger partial charge in [0.1, 0.15) is 12.1 Å². The Hall–Kier alpha value is -3.74. The summed E-state index contributed by atoms with van der Waals surface area (Å²) in [4.78, 5) is 30.4. The SMILES string of the molecule is CN(/N=C/c1ccc(C=O)cc1)c1cc(-c2cc3c([nH]2)CCNC3=O)ccn1. The molecular weight excluding hydrogens is 354 g/mol. The Morgan fingerprint density at radius 1 is 1.14 bits per heavy atom. The zero-order chi connectivity index (χ0) is 19.5. The van der Waals surface area contributed by atoms with Crippen molar-refractivity contribution in [3.8, 4) is 11.3 Å². The lowest BCUT2D eigenvalue weighted by molar-refractivity contribution is 0.0945. The van der Waals surface area contributed by atoms with Crippen LogP contribution in [0.25, 0.3) is 11.3 Å². The normalized spacial score (nSPS) is 13.2. The highest BCUT2D eigenvalue weighted by atomic mass is 16.1. The van der Waals surface area contributed by atoms with Crippen LogP contribution in [0.5, 0.6) is 0 Å². The second-order valence-electron chi connectivity index (χ2n) is 6.54. The minimum atomic E-state index is -0.0413. The number of H-pyrrole nitrogens is 1. The van der Waals surface area contributed by atoms with E-state index in [0.29, 0.717) is 23.5 Å². The molecule has 0 fully saturated rings. The van der Waals surface area contributed by atoms with Gasteiger partial charge in [-0.2, -0.15) is 5.10 Å². The van der Waals surface area contributed by atoms with Gasteiger partial charge in [-0.05, 0) is 23.8 Å². The highest BCUT2D eigenvalue weighted by molar-refractivity contribution is 5.97. The lowest BCUT2D eigenvalue weighted by Crippen LogP contribution is -2.31. The first-order chi connectivity index (χ1) is 13.6. The Morgan fingerprint density at radius 2 is 1.93 bits per heavy atom. The number of rotatable bonds is 5. The van der Waals surface area contributed by atoms with Gasteiger partial charge in [0.25, 0.3) is 5.91 Å². The standard InChI is InChI=1S/C21H19N5O2/c1-26(24-12-14-2-4-15(13-27)5-3-14)20-10-16(6-8-22-20)19-11-17-18(25-19)7-9-23-21(17)28/h2-6,8,10-13,25H,7,9H2,1H3,(H,23,28)/b24-12+. The largest absolute Gasteiger partial charge is 0.358 e. The molecule has 0 radical (unpaired) electrons. The zero-order valence-corrected chi connectivity index (χ0v) is 15.3. The number of amides is 1. The molecule has 1 aliphatic heterocycles. The summed E-state index contributed by atoms with van der Waals surface area (Å²) in [5, 5.41) is 8.94. The highest BCUT2D eigenvalue weighted by Gasteiger charge is 2.20. The number of anilines is 1. The van der Waals surface area contributed by atoms with Crippen molar-refractivity contribution >= 4 is 24.2 Å². The van der Waals surface area contributed by atoms with Crippen molar-refractivity contribution in [3.63, 3.8) is 0 Å². The van der Waals surface area contributed by atoms with Crippen LogP contribution in [-0.4, -0.2) is 42.0 Å². The van der Waals surface area contributed by atoms with Gasteiger partial charge < -0.3 is 10.3 Å². The molecule has 7 nitrogen and oxygen atoms in total. The molecule has 7 heteroatoms. The van der Waals surface area contributed by atoms with Gasteiger partial charge in [0, 0.05) is 48.7 Å². The third-order valence-corrected chi connectivity index (χ3v) is 4.65. The third kappa shape index (κ3) is 3.55. The molecule has 0 unspecified atom stereocenters. The van der Waals surface area contributed by atoms with Crippen molar-refractivity contribution in [1.82, 2.24) is 15.3 Å². The molecule has 1 aromatic carbocycles. The number of benzene rings is 1. The number of aromatic amines is 1. The molecule has 0 aliphatic carbocycles. The van der Waals surface area contributed by atoms with E-state index in [1.807, 2.05) is 37.4 Å². The van der Waals surface area contributed by atoms with Gasteiger partial charge >= 0.3 is 0 Å². The second-order valence-corrected chi connectivity index (χ2v) is 6.54. The molecule has 0 saturated heterocycles. The van der Waals surface area contributed by atoms with E-state index >= 15 is 0 Å². The number of carbonyl (C=O) groups excluding carboxylic acids is 2. The Bertz CT molecular complexity index is 1050. The van der Waals surface area contributed by atoms with E-state index in [1.54, 1.807) is 29.6 Å². The van der Waals surface area contributed by atoms with Crippen molar-refractivity contribution < 1.29 is 9.59 Å². The Kier molecular flexibility index (Phi) is 4.72. The van der Waals surface area contributed by atoms with Crippen LogP contribution in [0.1, 0.15) is 32.0 Å². The van der Waals surface area contributed by atoms with Gasteiger partial charge in [-0.1, -0.05) is 24.3 Å². The number of carbonyl (C=O) groups is 2. The average molecular weight is 373 g/mol. The van der Waals surface area contributed by atoms with Crippen molar-refractivity contribution in [3.05, 3.63) is 71.0 Å². The maximum Gasteiger partial charge on any atom is 0.253 e. The number of aldehydes is 1. The molecule has 0 atom stereocenters. The quantitative estimate of drug-likeness (QED) is 0.409. The maximum absolute atomic E-state index is 12.0. The fourth-order valence-electron chi connectivity index (χ4n) is 3.08. The van der Waals surface area contributed by atoms with E-state index in [4.69, 9.17) is 0 Å². The van der Waals surface area contributed by atoms with Crippen molar-refractivity contribution in [2.45, 2.75) is 6.42 Å². The predicted octanol–water partition coefficient (Wildman–Crippen LogP) is 2.65. The minimum Gasteiger partial charge on any atom is -0.358 e. The highest BCUT2D eigenvalue weighted by Crippen LogP contribution is 2.26. The molecule has 1 amide bonds. The van der Waals surface area contributed by atoms with Crippen LogP contribution in [0.4, 0.5) is 5.82 Å². The van der Waals surface area contributed by atoms with Crippen LogP contribution >= 0.6 is 0 Å². The summed E-state index contributed by atoms with van der Waals surface area (Å²) in [5.41, 5.74) is 4.99. The van der Waals surface area contributed by atoms with E-state index in [-0.39, 0.29) is 5.91 Å². The fourth-order valence-corrected chi connectivity index (χ4v) is 3.08. The maximum atomic E-state index is 12.0. The van der Waals surface area contributed by atoms with Crippen molar-refractivity contribution in [1.29, 1.82) is 0 Å². The predicted molar refractivity (Wildman–Crippen MR) is 108 cm³/mol. The number of fused-ring (bicyclic) bond motifs is 1. The van der Waals surface area contributed by atoms with Gasteiger partial charge in [-0.25, -0.2) is 4.98 Å². The van der Waals surface area contributed by atoms with Gasteiger partial charge in [0.05, 0.1) is 11.8 Å². The molecule has 140 valence electrons. The summed E-state index contributed by atoms with van der Waals surface area (Å²) in [5.74, 6) is 0.635. The summed E-state index contributed by atoms with van der Waals surface area (Å²) in [6.07, 6.45) is 5.03. The molecule has 4 rings (SSSR count). The summed E-state index contributed by atoms with van der Waals surface area (Å²) < 4.78 is 0. The van der Waals surface area contributed by atoms with E-state index in [2.05, 4.69) is 20.4 Å². The number of aromatic nitrogens is 2. The number of nitrogens with one attached hydrogen (secondary N) is 2. The second kappa shape index (κ2) is 7.48. The molecule has 2 aromatic heterocycles. The zero-order valence-electron chi connectivity index (χ0n) is 15.3. The molecule has 1 aliphatic rings. The van der Waals surface area contributed by atoms with Crippen LogP contribution in [0.3, 0.4) is 0 Å². The van der Waals surface area contributed by atoms with Gasteiger partial charge in [0.15, 0.2) is 0 Å². The molecule has 0 saturated carbocycles. The molecule has 28 heavy (non-hydrogen) atoms. The number of hydrogen-bond acceptors (Lipinski definition) is 5. The summed E-state index contributed by atoms with van der Waals surface area (Å²) >= 11 is 0.